The molecule has 9 heteroatoms. The third-order valence-electron chi connectivity index (χ3n) is 4.81. The van der Waals surface area contributed by atoms with Crippen molar-refractivity contribution in [3.8, 4) is 5.75 Å². The zero-order valence-corrected chi connectivity index (χ0v) is 15.7. The van der Waals surface area contributed by atoms with Gasteiger partial charge in [0.25, 0.3) is 5.91 Å². The van der Waals surface area contributed by atoms with Crippen LogP contribution < -0.4 is 10.1 Å². The summed E-state index contributed by atoms with van der Waals surface area (Å²) < 4.78 is 37.4. The molecule has 0 spiro atoms. The van der Waals surface area contributed by atoms with E-state index in [0.29, 0.717) is 29.9 Å². The van der Waals surface area contributed by atoms with Gasteiger partial charge in [0.1, 0.15) is 5.75 Å². The Labute approximate surface area is 161 Å². The number of amides is 1. The van der Waals surface area contributed by atoms with Gasteiger partial charge in [-0.25, -0.2) is 4.79 Å². The Balaban J connectivity index is 0.000000345. The van der Waals surface area contributed by atoms with Crippen LogP contribution in [0.1, 0.15) is 36.5 Å². The van der Waals surface area contributed by atoms with Crippen molar-refractivity contribution in [2.45, 2.75) is 38.4 Å². The Kier molecular flexibility index (Phi) is 7.68. The van der Waals surface area contributed by atoms with Crippen LogP contribution >= 0.6 is 0 Å². The van der Waals surface area contributed by atoms with Crippen LogP contribution in [0.15, 0.2) is 24.3 Å². The number of piperidine rings is 3. The predicted octanol–water partition coefficient (Wildman–Crippen LogP) is 2.93. The number of nitrogens with one attached hydrogen (secondary N) is 1. The van der Waals surface area contributed by atoms with E-state index < -0.39 is 12.1 Å². The highest BCUT2D eigenvalue weighted by atomic mass is 19.4. The molecule has 4 rings (SSSR count). The molecule has 1 aromatic carbocycles. The average Bonchev–Trinajstić information content (AvgIpc) is 2.67. The van der Waals surface area contributed by atoms with E-state index in [2.05, 4.69) is 17.1 Å². The summed E-state index contributed by atoms with van der Waals surface area (Å²) >= 11 is 0. The number of halogens is 3. The van der Waals surface area contributed by atoms with E-state index in [-0.39, 0.29) is 5.91 Å². The van der Waals surface area contributed by atoms with Crippen molar-refractivity contribution in [2.75, 3.05) is 26.2 Å². The SMILES string of the molecule is CCCOc1ccccc1C(=O)N[C@@H]1CN2CCC1CC2.O=C(O)C(F)(F)F. The molecule has 0 aliphatic carbocycles. The van der Waals surface area contributed by atoms with E-state index in [0.717, 1.165) is 13.0 Å². The van der Waals surface area contributed by atoms with Gasteiger partial charge in [0, 0.05) is 12.6 Å². The number of rotatable bonds is 5. The number of aliphatic carboxylic acids is 1. The molecule has 3 aliphatic rings. The van der Waals surface area contributed by atoms with E-state index in [4.69, 9.17) is 14.6 Å². The van der Waals surface area contributed by atoms with Crippen LogP contribution in [0, 0.1) is 5.92 Å². The quantitative estimate of drug-likeness (QED) is 0.792. The maximum absolute atomic E-state index is 12.6. The zero-order chi connectivity index (χ0) is 20.7. The van der Waals surface area contributed by atoms with E-state index in [9.17, 15) is 18.0 Å². The number of carbonyl (C=O) groups is 2. The number of hydrogen-bond donors (Lipinski definition) is 2. The molecule has 3 aliphatic heterocycles. The average molecular weight is 402 g/mol. The lowest BCUT2D eigenvalue weighted by Crippen LogP contribution is -2.57. The first kappa shape index (κ1) is 22.0. The molecular weight excluding hydrogens is 377 g/mol. The molecule has 0 aromatic heterocycles. The first-order valence-electron chi connectivity index (χ1n) is 9.27. The van der Waals surface area contributed by atoms with Gasteiger partial charge >= 0.3 is 12.1 Å². The van der Waals surface area contributed by atoms with Crippen LogP contribution in [0.25, 0.3) is 0 Å². The van der Waals surface area contributed by atoms with E-state index in [1.54, 1.807) is 0 Å². The molecule has 0 unspecified atom stereocenters. The van der Waals surface area contributed by atoms with Gasteiger partial charge in [0.15, 0.2) is 0 Å². The highest BCUT2D eigenvalue weighted by Crippen LogP contribution is 2.28. The van der Waals surface area contributed by atoms with Crippen molar-refractivity contribution in [1.82, 2.24) is 10.2 Å². The molecule has 0 saturated carbocycles. The second-order valence-electron chi connectivity index (χ2n) is 6.87. The molecule has 3 heterocycles. The van der Waals surface area contributed by atoms with Crippen molar-refractivity contribution in [2.24, 2.45) is 5.92 Å². The summed E-state index contributed by atoms with van der Waals surface area (Å²) in [5.74, 6) is -1.42. The smallest absolute Gasteiger partial charge is 0.490 e. The van der Waals surface area contributed by atoms with Crippen LogP contribution in [0.5, 0.6) is 5.75 Å². The fourth-order valence-electron chi connectivity index (χ4n) is 3.37. The Morgan fingerprint density at radius 2 is 1.86 bits per heavy atom. The van der Waals surface area contributed by atoms with Crippen LogP contribution in [0.3, 0.4) is 0 Å². The van der Waals surface area contributed by atoms with Gasteiger partial charge in [-0.1, -0.05) is 19.1 Å². The topological polar surface area (TPSA) is 78.9 Å². The Morgan fingerprint density at radius 1 is 1.25 bits per heavy atom. The van der Waals surface area contributed by atoms with E-state index in [1.807, 2.05) is 24.3 Å². The number of para-hydroxylation sites is 1. The van der Waals surface area contributed by atoms with Gasteiger partial charge in [0.05, 0.1) is 12.2 Å². The lowest BCUT2D eigenvalue weighted by atomic mass is 9.84. The summed E-state index contributed by atoms with van der Waals surface area (Å²) in [6.07, 6.45) is -1.73. The van der Waals surface area contributed by atoms with Gasteiger partial charge in [-0.2, -0.15) is 13.2 Å². The Bertz CT molecular complexity index is 673. The van der Waals surface area contributed by atoms with Gasteiger partial charge in [-0.3, -0.25) is 4.79 Å². The summed E-state index contributed by atoms with van der Waals surface area (Å²) in [6, 6.07) is 7.82. The van der Waals surface area contributed by atoms with Crippen LogP contribution in [0.2, 0.25) is 0 Å². The minimum Gasteiger partial charge on any atom is -0.493 e. The molecule has 2 bridgehead atoms. The van der Waals surface area contributed by atoms with Crippen molar-refractivity contribution in [1.29, 1.82) is 0 Å². The molecule has 156 valence electrons. The molecule has 2 N–H and O–H groups in total. The van der Waals surface area contributed by atoms with Gasteiger partial charge in [0.2, 0.25) is 0 Å². The number of carboxylic acid groups (broad SMARTS) is 1. The minimum atomic E-state index is -5.08. The molecule has 0 radical (unpaired) electrons. The fraction of sp³-hybridized carbons (Fsp3) is 0.579. The molecule has 3 saturated heterocycles. The molecule has 28 heavy (non-hydrogen) atoms. The zero-order valence-electron chi connectivity index (χ0n) is 15.7. The maximum Gasteiger partial charge on any atom is 0.490 e. The second kappa shape index (κ2) is 9.77. The van der Waals surface area contributed by atoms with Crippen molar-refractivity contribution >= 4 is 11.9 Å². The number of nitrogens with zero attached hydrogens (tertiary/aromatic N) is 1. The largest absolute Gasteiger partial charge is 0.493 e. The first-order chi connectivity index (χ1) is 13.2. The number of carbonyl (C=O) groups excluding carboxylic acids is 1. The molecule has 1 aromatic rings. The predicted molar refractivity (Wildman–Crippen MR) is 96.3 cm³/mol. The molecular formula is C19H25F3N2O4. The summed E-state index contributed by atoms with van der Waals surface area (Å²) in [6.45, 7) is 6.08. The highest BCUT2D eigenvalue weighted by Gasteiger charge is 2.38. The third-order valence-corrected chi connectivity index (χ3v) is 4.81. The number of ether oxygens (including phenoxy) is 1. The van der Waals surface area contributed by atoms with Crippen molar-refractivity contribution in [3.05, 3.63) is 29.8 Å². The van der Waals surface area contributed by atoms with Crippen molar-refractivity contribution in [3.63, 3.8) is 0 Å². The second-order valence-corrected chi connectivity index (χ2v) is 6.87. The number of carboxylic acids is 1. The highest BCUT2D eigenvalue weighted by molar-refractivity contribution is 5.97. The maximum atomic E-state index is 12.6. The summed E-state index contributed by atoms with van der Waals surface area (Å²) in [4.78, 5) is 23.9. The first-order valence-corrected chi connectivity index (χ1v) is 9.27. The minimum absolute atomic E-state index is 0.000420. The van der Waals surface area contributed by atoms with Gasteiger partial charge < -0.3 is 20.1 Å². The lowest BCUT2D eigenvalue weighted by molar-refractivity contribution is -0.192. The van der Waals surface area contributed by atoms with Crippen LogP contribution in [-0.4, -0.2) is 60.3 Å². The van der Waals surface area contributed by atoms with Crippen molar-refractivity contribution < 1.29 is 32.6 Å². The van der Waals surface area contributed by atoms with Gasteiger partial charge in [-0.05, 0) is 50.4 Å². The van der Waals surface area contributed by atoms with Crippen LogP contribution in [0.4, 0.5) is 13.2 Å². The number of alkyl halides is 3. The number of hydrogen-bond acceptors (Lipinski definition) is 4. The van der Waals surface area contributed by atoms with E-state index >= 15 is 0 Å². The molecule has 1 amide bonds. The summed E-state index contributed by atoms with van der Waals surface area (Å²) in [5.41, 5.74) is 0.655. The monoisotopic (exact) mass is 402 g/mol. The Hall–Kier alpha value is -2.29. The molecule has 1 atom stereocenters. The number of fused-ring (bicyclic) bond motifs is 3. The standard InChI is InChI=1S/C17H24N2O2.C2HF3O2/c1-2-11-21-16-6-4-3-5-14(16)17(20)18-15-12-19-9-7-13(15)8-10-19;3-2(4,5)1(6)7/h3-6,13,15H,2,7-12H2,1H3,(H,18,20);(H,6,7)/t15-;/m1./s1. The van der Waals surface area contributed by atoms with E-state index in [1.165, 1.54) is 25.9 Å². The normalized spacial score (nSPS) is 23.4. The fourth-order valence-corrected chi connectivity index (χ4v) is 3.37. The lowest BCUT2D eigenvalue weighted by Gasteiger charge is -2.44. The van der Waals surface area contributed by atoms with Crippen LogP contribution in [-0.2, 0) is 4.79 Å². The van der Waals surface area contributed by atoms with Gasteiger partial charge in [-0.15, -0.1) is 0 Å². The Morgan fingerprint density at radius 3 is 2.36 bits per heavy atom. The molecule has 3 fully saturated rings. The molecule has 6 nitrogen and oxygen atoms in total. The summed E-state index contributed by atoms with van der Waals surface area (Å²) in [5, 5.41) is 10.3. The number of benzene rings is 1. The third kappa shape index (κ3) is 6.12. The summed E-state index contributed by atoms with van der Waals surface area (Å²) in [7, 11) is 0.